The van der Waals surface area contributed by atoms with Gasteiger partial charge in [0, 0.05) is 56.2 Å². The molecule has 3 aromatic rings. The van der Waals surface area contributed by atoms with Crippen LogP contribution in [0.5, 0.6) is 5.75 Å². The Bertz CT molecular complexity index is 1310. The lowest BCUT2D eigenvalue weighted by molar-refractivity contribution is 0.0697. The van der Waals surface area contributed by atoms with Gasteiger partial charge >= 0.3 is 0 Å². The van der Waals surface area contributed by atoms with E-state index in [2.05, 4.69) is 28.1 Å². The number of amides is 2. The summed E-state index contributed by atoms with van der Waals surface area (Å²) >= 11 is 0. The first-order chi connectivity index (χ1) is 18.9. The third kappa shape index (κ3) is 6.00. The molecule has 0 atom stereocenters. The van der Waals surface area contributed by atoms with Gasteiger partial charge in [0.2, 0.25) is 0 Å². The lowest BCUT2D eigenvalue weighted by Gasteiger charge is -2.39. The molecule has 0 unspecified atom stereocenters. The van der Waals surface area contributed by atoms with Gasteiger partial charge in [0.15, 0.2) is 0 Å². The van der Waals surface area contributed by atoms with Crippen LogP contribution in [0.1, 0.15) is 40.5 Å². The molecule has 2 amide bonds. The first kappa shape index (κ1) is 26.5. The van der Waals surface area contributed by atoms with Crippen molar-refractivity contribution in [2.75, 3.05) is 61.5 Å². The Morgan fingerprint density at radius 3 is 2.15 bits per heavy atom. The molecule has 5 rings (SSSR count). The van der Waals surface area contributed by atoms with Crippen LogP contribution in [0.15, 0.2) is 66.7 Å². The lowest BCUT2D eigenvalue weighted by Crippen LogP contribution is -2.47. The van der Waals surface area contributed by atoms with Crippen LogP contribution < -0.4 is 19.9 Å². The molecule has 2 saturated heterocycles. The number of anilines is 3. The van der Waals surface area contributed by atoms with Crippen molar-refractivity contribution in [1.29, 1.82) is 0 Å². The summed E-state index contributed by atoms with van der Waals surface area (Å²) in [6.07, 6.45) is 1.97. The maximum atomic E-state index is 13.8. The molecular weight excluding hydrogens is 495 g/mol. The molecule has 8 heteroatoms. The van der Waals surface area contributed by atoms with Crippen LogP contribution in [0.3, 0.4) is 0 Å². The van der Waals surface area contributed by atoms with Crippen molar-refractivity contribution in [3.05, 3.63) is 83.7 Å². The highest BCUT2D eigenvalue weighted by Gasteiger charge is 2.27. The normalized spacial score (nSPS) is 16.2. The van der Waals surface area contributed by atoms with Crippen molar-refractivity contribution >= 4 is 28.9 Å². The van der Waals surface area contributed by atoms with Crippen molar-refractivity contribution in [3.8, 4) is 5.75 Å². The minimum Gasteiger partial charge on any atom is -0.495 e. The monoisotopic (exact) mass is 530 g/mol. The summed E-state index contributed by atoms with van der Waals surface area (Å²) in [5.74, 6) is 0.700. The molecule has 0 radical (unpaired) electrons. The maximum absolute atomic E-state index is 13.8. The fourth-order valence-electron chi connectivity index (χ4n) is 5.33. The van der Waals surface area contributed by atoms with E-state index in [9.17, 15) is 14.0 Å². The Morgan fingerprint density at radius 1 is 0.846 bits per heavy atom. The number of halogens is 1. The predicted octanol–water partition coefficient (Wildman–Crippen LogP) is 5.29. The van der Waals surface area contributed by atoms with E-state index < -0.39 is 5.82 Å². The Kier molecular flexibility index (Phi) is 8.00. The van der Waals surface area contributed by atoms with E-state index >= 15 is 0 Å². The summed E-state index contributed by atoms with van der Waals surface area (Å²) in [6.45, 7) is 6.75. The second-order valence-electron chi connectivity index (χ2n) is 10.3. The van der Waals surface area contributed by atoms with E-state index in [1.165, 1.54) is 24.3 Å². The molecule has 2 aliphatic heterocycles. The van der Waals surface area contributed by atoms with Gasteiger partial charge in [-0.2, -0.15) is 0 Å². The number of piperidine rings is 1. The van der Waals surface area contributed by atoms with Gasteiger partial charge in [0.1, 0.15) is 11.6 Å². The number of benzene rings is 3. The Morgan fingerprint density at radius 2 is 1.49 bits per heavy atom. The van der Waals surface area contributed by atoms with Gasteiger partial charge in [-0.3, -0.25) is 9.59 Å². The number of carbonyl (C=O) groups is 2. The molecule has 204 valence electrons. The molecular formula is C31H35FN4O3. The van der Waals surface area contributed by atoms with Crippen LogP contribution in [0.4, 0.5) is 21.5 Å². The van der Waals surface area contributed by atoms with Crippen molar-refractivity contribution < 1.29 is 18.7 Å². The highest BCUT2D eigenvalue weighted by Crippen LogP contribution is 2.32. The second kappa shape index (κ2) is 11.8. The average molecular weight is 531 g/mol. The summed E-state index contributed by atoms with van der Waals surface area (Å²) in [7, 11) is 1.69. The molecule has 0 aliphatic carbocycles. The largest absolute Gasteiger partial charge is 0.495 e. The van der Waals surface area contributed by atoms with Crippen molar-refractivity contribution in [2.24, 2.45) is 5.92 Å². The number of carbonyl (C=O) groups excluding carboxylic acids is 2. The van der Waals surface area contributed by atoms with E-state index in [-0.39, 0.29) is 11.8 Å². The summed E-state index contributed by atoms with van der Waals surface area (Å²) in [5, 5.41) is 2.88. The minimum atomic E-state index is -0.398. The van der Waals surface area contributed by atoms with Crippen LogP contribution in [0, 0.1) is 11.7 Å². The Hall–Kier alpha value is -4.07. The highest BCUT2D eigenvalue weighted by molar-refractivity contribution is 6.06. The zero-order valence-electron chi connectivity index (χ0n) is 22.5. The van der Waals surface area contributed by atoms with E-state index in [0.717, 1.165) is 69.2 Å². The van der Waals surface area contributed by atoms with E-state index in [1.54, 1.807) is 13.2 Å². The van der Waals surface area contributed by atoms with Gasteiger partial charge in [0.25, 0.3) is 11.8 Å². The van der Waals surface area contributed by atoms with Gasteiger partial charge in [-0.25, -0.2) is 4.39 Å². The number of rotatable bonds is 6. The molecule has 39 heavy (non-hydrogen) atoms. The minimum absolute atomic E-state index is 0.0121. The summed E-state index contributed by atoms with van der Waals surface area (Å²) in [5.41, 5.74) is 3.42. The molecule has 2 aliphatic rings. The highest BCUT2D eigenvalue weighted by atomic mass is 19.1. The van der Waals surface area contributed by atoms with Crippen LogP contribution in [0.2, 0.25) is 0 Å². The molecule has 0 aromatic heterocycles. The number of piperazine rings is 1. The van der Waals surface area contributed by atoms with Gasteiger partial charge in [-0.1, -0.05) is 19.1 Å². The van der Waals surface area contributed by atoms with Crippen LogP contribution >= 0.6 is 0 Å². The number of ether oxygens (including phenoxy) is 1. The molecule has 0 saturated carbocycles. The zero-order valence-corrected chi connectivity index (χ0v) is 22.5. The summed E-state index contributed by atoms with van der Waals surface area (Å²) in [6, 6.07) is 19.0. The van der Waals surface area contributed by atoms with E-state index in [1.807, 2.05) is 35.2 Å². The maximum Gasteiger partial charge on any atom is 0.256 e. The van der Waals surface area contributed by atoms with Gasteiger partial charge < -0.3 is 24.8 Å². The molecule has 2 fully saturated rings. The van der Waals surface area contributed by atoms with Crippen molar-refractivity contribution in [3.63, 3.8) is 0 Å². The number of nitrogens with zero attached hydrogens (tertiary/aromatic N) is 3. The molecule has 3 aromatic carbocycles. The van der Waals surface area contributed by atoms with Gasteiger partial charge in [0.05, 0.1) is 18.4 Å². The fourth-order valence-corrected chi connectivity index (χ4v) is 5.33. The number of para-hydroxylation sites is 2. The molecule has 1 N–H and O–H groups in total. The lowest BCUT2D eigenvalue weighted by atomic mass is 9.98. The van der Waals surface area contributed by atoms with Crippen molar-refractivity contribution in [1.82, 2.24) is 4.90 Å². The van der Waals surface area contributed by atoms with Crippen LogP contribution in [0.25, 0.3) is 0 Å². The number of hydrogen-bond acceptors (Lipinski definition) is 5. The molecule has 2 heterocycles. The third-order valence-electron chi connectivity index (χ3n) is 7.71. The first-order valence-corrected chi connectivity index (χ1v) is 13.6. The third-order valence-corrected chi connectivity index (χ3v) is 7.71. The summed E-state index contributed by atoms with van der Waals surface area (Å²) in [4.78, 5) is 33.1. The first-order valence-electron chi connectivity index (χ1n) is 13.6. The fraction of sp³-hybridized carbons (Fsp3) is 0.355. The average Bonchev–Trinajstić information content (AvgIpc) is 2.97. The van der Waals surface area contributed by atoms with Crippen LogP contribution in [-0.4, -0.2) is 63.1 Å². The topological polar surface area (TPSA) is 65.1 Å². The zero-order chi connectivity index (χ0) is 27.4. The number of likely N-dealkylation sites (tertiary alicyclic amines) is 1. The summed E-state index contributed by atoms with van der Waals surface area (Å²) < 4.78 is 18.9. The van der Waals surface area contributed by atoms with E-state index in [4.69, 9.17) is 4.74 Å². The van der Waals surface area contributed by atoms with Gasteiger partial charge in [-0.05, 0) is 73.4 Å². The van der Waals surface area contributed by atoms with Gasteiger partial charge in [-0.15, -0.1) is 0 Å². The second-order valence-corrected chi connectivity index (χ2v) is 10.3. The standard InChI is InChI=1S/C31H35FN4O3/c1-22-13-15-36(16-14-22)31(38)26-21-25(33-30(37)23-7-9-24(32)10-8-23)11-12-27(26)34-17-19-35(20-18-34)28-5-3-4-6-29(28)39-2/h3-12,21-22H,13-20H2,1-2H3,(H,33,37). The smallest absolute Gasteiger partial charge is 0.256 e. The van der Waals surface area contributed by atoms with E-state index in [0.29, 0.717) is 22.7 Å². The number of methoxy groups -OCH3 is 1. The van der Waals surface area contributed by atoms with Crippen molar-refractivity contribution in [2.45, 2.75) is 19.8 Å². The Labute approximate surface area is 229 Å². The Balaban J connectivity index is 1.38. The van der Waals surface area contributed by atoms with Crippen LogP contribution in [-0.2, 0) is 0 Å². The number of hydrogen-bond donors (Lipinski definition) is 1. The predicted molar refractivity (Wildman–Crippen MR) is 153 cm³/mol. The molecule has 7 nitrogen and oxygen atoms in total. The molecule has 0 spiro atoms. The molecule has 0 bridgehead atoms. The number of nitrogens with one attached hydrogen (secondary N) is 1. The quantitative estimate of drug-likeness (QED) is 0.470. The SMILES string of the molecule is COc1ccccc1N1CCN(c2ccc(NC(=O)c3ccc(F)cc3)cc2C(=O)N2CCC(C)CC2)CC1.